The summed E-state index contributed by atoms with van der Waals surface area (Å²) in [5.74, 6) is -0.178. The Hall–Kier alpha value is -1.80. The van der Waals surface area contributed by atoms with Gasteiger partial charge in [-0.3, -0.25) is 4.79 Å². The second-order valence-electron chi connectivity index (χ2n) is 4.10. The van der Waals surface area contributed by atoms with Gasteiger partial charge in [-0.25, -0.2) is 0 Å². The van der Waals surface area contributed by atoms with E-state index in [9.17, 15) is 4.79 Å². The molecule has 1 amide bonds. The Morgan fingerprint density at radius 3 is 2.89 bits per heavy atom. The SMILES string of the molecule is Cc1cc(Br)c2oc(C(=O)N[C@@H](C)C#N)cc2c1. The predicted octanol–water partition coefficient (Wildman–Crippen LogP) is 3.15. The largest absolute Gasteiger partial charge is 0.450 e. The number of carbonyl (C=O) groups is 1. The lowest BCUT2D eigenvalue weighted by molar-refractivity contribution is 0.0922. The highest BCUT2D eigenvalue weighted by molar-refractivity contribution is 9.10. The van der Waals surface area contributed by atoms with Gasteiger partial charge in [0.25, 0.3) is 5.91 Å². The molecule has 0 aliphatic heterocycles. The van der Waals surface area contributed by atoms with Gasteiger partial charge in [-0.15, -0.1) is 0 Å². The lowest BCUT2D eigenvalue weighted by atomic mass is 10.2. The Balaban J connectivity index is 2.39. The lowest BCUT2D eigenvalue weighted by Crippen LogP contribution is -2.30. The Bertz CT molecular complexity index is 655. The van der Waals surface area contributed by atoms with Crippen LogP contribution in [0.3, 0.4) is 0 Å². The second-order valence-corrected chi connectivity index (χ2v) is 4.95. The average molecular weight is 307 g/mol. The van der Waals surface area contributed by atoms with Crippen molar-refractivity contribution in [2.45, 2.75) is 19.9 Å². The summed E-state index contributed by atoms with van der Waals surface area (Å²) in [7, 11) is 0. The number of halogens is 1. The first kappa shape index (κ1) is 12.7. The predicted molar refractivity (Wildman–Crippen MR) is 71.2 cm³/mol. The van der Waals surface area contributed by atoms with Crippen LogP contribution in [0.2, 0.25) is 0 Å². The van der Waals surface area contributed by atoms with Gasteiger partial charge in [-0.1, -0.05) is 0 Å². The molecule has 1 heterocycles. The van der Waals surface area contributed by atoms with Gasteiger partial charge >= 0.3 is 0 Å². The van der Waals surface area contributed by atoms with Gasteiger partial charge < -0.3 is 9.73 Å². The Morgan fingerprint density at radius 1 is 1.50 bits per heavy atom. The van der Waals surface area contributed by atoms with Gasteiger partial charge in [0.15, 0.2) is 5.76 Å². The van der Waals surface area contributed by atoms with Gasteiger partial charge in [-0.2, -0.15) is 5.26 Å². The third kappa shape index (κ3) is 2.39. The van der Waals surface area contributed by atoms with Crippen molar-refractivity contribution in [2.75, 3.05) is 0 Å². The zero-order valence-corrected chi connectivity index (χ0v) is 11.5. The standard InChI is InChI=1S/C13H11BrN2O2/c1-7-3-9-5-11(13(17)16-8(2)6-15)18-12(9)10(14)4-7/h3-5,8H,1-2H3,(H,16,17)/t8-/m0/s1. The smallest absolute Gasteiger partial charge is 0.288 e. The number of benzene rings is 1. The quantitative estimate of drug-likeness (QED) is 0.927. The average Bonchev–Trinajstić information content (AvgIpc) is 2.72. The van der Waals surface area contributed by atoms with E-state index in [1.807, 2.05) is 25.1 Å². The molecular formula is C13H11BrN2O2. The van der Waals surface area contributed by atoms with Gasteiger partial charge in [0.1, 0.15) is 11.6 Å². The monoisotopic (exact) mass is 306 g/mol. The van der Waals surface area contributed by atoms with Crippen molar-refractivity contribution in [2.24, 2.45) is 0 Å². The van der Waals surface area contributed by atoms with E-state index in [4.69, 9.17) is 9.68 Å². The van der Waals surface area contributed by atoms with Gasteiger partial charge in [0, 0.05) is 5.39 Å². The van der Waals surface area contributed by atoms with Crippen molar-refractivity contribution in [1.29, 1.82) is 5.26 Å². The number of amides is 1. The molecule has 2 aromatic rings. The van der Waals surface area contributed by atoms with Crippen molar-refractivity contribution < 1.29 is 9.21 Å². The highest BCUT2D eigenvalue weighted by Crippen LogP contribution is 2.28. The molecule has 1 atom stereocenters. The molecular weight excluding hydrogens is 296 g/mol. The summed E-state index contributed by atoms with van der Waals surface area (Å²) in [6, 6.07) is 6.93. The summed E-state index contributed by atoms with van der Waals surface area (Å²) in [4.78, 5) is 11.8. The van der Waals surface area contributed by atoms with E-state index < -0.39 is 6.04 Å². The number of nitrogens with one attached hydrogen (secondary N) is 1. The molecule has 0 spiro atoms. The highest BCUT2D eigenvalue weighted by atomic mass is 79.9. The minimum atomic E-state index is -0.545. The van der Waals surface area contributed by atoms with E-state index in [2.05, 4.69) is 21.2 Å². The third-order valence-corrected chi connectivity index (χ3v) is 3.07. The molecule has 18 heavy (non-hydrogen) atoms. The lowest BCUT2D eigenvalue weighted by Gasteiger charge is -2.02. The van der Waals surface area contributed by atoms with Gasteiger partial charge in [0.2, 0.25) is 0 Å². The zero-order chi connectivity index (χ0) is 13.3. The van der Waals surface area contributed by atoms with Crippen LogP contribution in [0.5, 0.6) is 0 Å². The van der Waals surface area contributed by atoms with E-state index >= 15 is 0 Å². The molecule has 1 N–H and O–H groups in total. The fourth-order valence-electron chi connectivity index (χ4n) is 1.66. The number of nitrogens with zero attached hydrogens (tertiary/aromatic N) is 1. The van der Waals surface area contributed by atoms with Crippen LogP contribution < -0.4 is 5.32 Å². The van der Waals surface area contributed by atoms with Crippen LogP contribution in [0.1, 0.15) is 23.0 Å². The number of fused-ring (bicyclic) bond motifs is 1. The van der Waals surface area contributed by atoms with Crippen LogP contribution in [-0.4, -0.2) is 11.9 Å². The second kappa shape index (κ2) is 4.83. The summed E-state index contributed by atoms with van der Waals surface area (Å²) in [5.41, 5.74) is 1.71. The molecule has 92 valence electrons. The van der Waals surface area contributed by atoms with Crippen molar-refractivity contribution in [1.82, 2.24) is 5.32 Å². The first-order valence-electron chi connectivity index (χ1n) is 5.41. The maximum atomic E-state index is 11.8. The number of hydrogen-bond acceptors (Lipinski definition) is 3. The number of carbonyl (C=O) groups excluding carboxylic acids is 1. The molecule has 0 aliphatic carbocycles. The van der Waals surface area contributed by atoms with Crippen molar-refractivity contribution in [3.63, 3.8) is 0 Å². The van der Waals surface area contributed by atoms with E-state index in [-0.39, 0.29) is 11.7 Å². The number of aryl methyl sites for hydroxylation is 1. The van der Waals surface area contributed by atoms with Crippen LogP contribution in [0.15, 0.2) is 27.1 Å². The van der Waals surface area contributed by atoms with Crippen LogP contribution in [0.4, 0.5) is 0 Å². The number of rotatable bonds is 2. The molecule has 2 rings (SSSR count). The molecule has 0 radical (unpaired) electrons. The molecule has 0 saturated carbocycles. The fourth-order valence-corrected chi connectivity index (χ4v) is 2.33. The molecule has 1 aromatic heterocycles. The van der Waals surface area contributed by atoms with Gasteiger partial charge in [-0.05, 0) is 53.5 Å². The molecule has 1 aromatic carbocycles. The summed E-state index contributed by atoms with van der Waals surface area (Å²) < 4.78 is 6.30. The van der Waals surface area contributed by atoms with Crippen LogP contribution in [0, 0.1) is 18.3 Å². The minimum absolute atomic E-state index is 0.207. The molecule has 0 bridgehead atoms. The summed E-state index contributed by atoms with van der Waals surface area (Å²) >= 11 is 3.40. The Morgan fingerprint density at radius 2 is 2.22 bits per heavy atom. The Labute approximate surface area is 113 Å². The van der Waals surface area contributed by atoms with Crippen molar-refractivity contribution in [3.05, 3.63) is 34.0 Å². The maximum Gasteiger partial charge on any atom is 0.288 e. The first-order chi connectivity index (χ1) is 8.51. The van der Waals surface area contributed by atoms with E-state index in [1.165, 1.54) is 0 Å². The van der Waals surface area contributed by atoms with E-state index in [0.717, 1.165) is 15.4 Å². The summed E-state index contributed by atoms with van der Waals surface area (Å²) in [5, 5.41) is 12.0. The molecule has 0 aliphatic rings. The molecule has 0 unspecified atom stereocenters. The first-order valence-corrected chi connectivity index (χ1v) is 6.20. The molecule has 0 saturated heterocycles. The van der Waals surface area contributed by atoms with Crippen LogP contribution >= 0.6 is 15.9 Å². The van der Waals surface area contributed by atoms with E-state index in [0.29, 0.717) is 5.58 Å². The number of hydrogen-bond donors (Lipinski definition) is 1. The van der Waals surface area contributed by atoms with Crippen LogP contribution in [-0.2, 0) is 0 Å². The van der Waals surface area contributed by atoms with Crippen molar-refractivity contribution >= 4 is 32.8 Å². The topological polar surface area (TPSA) is 66.0 Å². The third-order valence-electron chi connectivity index (χ3n) is 2.48. The summed E-state index contributed by atoms with van der Waals surface area (Å²) in [6.45, 7) is 3.58. The molecule has 0 fully saturated rings. The van der Waals surface area contributed by atoms with E-state index in [1.54, 1.807) is 13.0 Å². The summed E-state index contributed by atoms with van der Waals surface area (Å²) in [6.07, 6.45) is 0. The van der Waals surface area contributed by atoms with Gasteiger partial charge in [0.05, 0.1) is 10.5 Å². The van der Waals surface area contributed by atoms with Crippen LogP contribution in [0.25, 0.3) is 11.0 Å². The molecule has 4 nitrogen and oxygen atoms in total. The fraction of sp³-hybridized carbons (Fsp3) is 0.231. The minimum Gasteiger partial charge on any atom is -0.450 e. The number of nitriles is 1. The highest BCUT2D eigenvalue weighted by Gasteiger charge is 2.15. The molecule has 5 heteroatoms. The van der Waals surface area contributed by atoms with Crippen molar-refractivity contribution in [3.8, 4) is 6.07 Å². The number of furan rings is 1. The Kier molecular flexibility index (Phi) is 3.39. The zero-order valence-electron chi connectivity index (χ0n) is 9.95. The normalized spacial score (nSPS) is 12.1. The maximum absolute atomic E-state index is 11.8.